The second-order valence-electron chi connectivity index (χ2n) is 5.54. The Morgan fingerprint density at radius 2 is 2.12 bits per heavy atom. The highest BCUT2D eigenvalue weighted by molar-refractivity contribution is 5.83. The van der Waals surface area contributed by atoms with Crippen LogP contribution in [0.4, 0.5) is 5.69 Å². The fraction of sp³-hybridized carbons (Fsp3) is 0.500. The number of esters is 1. The monoisotopic (exact) mass is 233 g/mol. The van der Waals surface area contributed by atoms with Crippen molar-refractivity contribution in [2.75, 3.05) is 5.32 Å². The summed E-state index contributed by atoms with van der Waals surface area (Å²) in [4.78, 5) is 12.0. The van der Waals surface area contributed by atoms with E-state index < -0.39 is 5.60 Å². The summed E-state index contributed by atoms with van der Waals surface area (Å²) in [5.41, 5.74) is 3.08. The van der Waals surface area contributed by atoms with Crippen LogP contribution in [0.15, 0.2) is 18.2 Å². The van der Waals surface area contributed by atoms with Crippen LogP contribution in [0.2, 0.25) is 0 Å². The normalized spacial score (nSPS) is 18.5. The zero-order valence-electron chi connectivity index (χ0n) is 10.8. The third-order valence-corrected chi connectivity index (χ3v) is 2.84. The van der Waals surface area contributed by atoms with Gasteiger partial charge in [0.05, 0.1) is 0 Å². The van der Waals surface area contributed by atoms with E-state index in [2.05, 4.69) is 18.3 Å². The summed E-state index contributed by atoms with van der Waals surface area (Å²) in [5.74, 6) is -0.173. The van der Waals surface area contributed by atoms with E-state index in [4.69, 9.17) is 4.74 Å². The van der Waals surface area contributed by atoms with Gasteiger partial charge < -0.3 is 10.1 Å². The van der Waals surface area contributed by atoms with E-state index in [1.54, 1.807) is 0 Å². The Balaban J connectivity index is 2.10. The van der Waals surface area contributed by atoms with E-state index in [9.17, 15) is 4.79 Å². The molecule has 3 nitrogen and oxygen atoms in total. The number of carbonyl (C=O) groups excluding carboxylic acids is 1. The minimum absolute atomic E-state index is 0.173. The molecule has 0 saturated carbocycles. The maximum Gasteiger partial charge on any atom is 0.329 e. The number of hydrogen-bond donors (Lipinski definition) is 1. The van der Waals surface area contributed by atoms with Gasteiger partial charge in [-0.25, -0.2) is 4.79 Å². The molecule has 2 rings (SSSR count). The second-order valence-corrected chi connectivity index (χ2v) is 5.54. The molecule has 0 unspecified atom stereocenters. The molecule has 1 aromatic rings. The first kappa shape index (κ1) is 12.0. The fourth-order valence-corrected chi connectivity index (χ4v) is 2.07. The van der Waals surface area contributed by atoms with Gasteiger partial charge in [0.25, 0.3) is 0 Å². The van der Waals surface area contributed by atoms with Gasteiger partial charge in [0.1, 0.15) is 11.6 Å². The van der Waals surface area contributed by atoms with Gasteiger partial charge in [0.2, 0.25) is 0 Å². The first-order valence-electron chi connectivity index (χ1n) is 5.95. The van der Waals surface area contributed by atoms with Gasteiger partial charge in [0, 0.05) is 12.1 Å². The Hall–Kier alpha value is -1.51. The molecule has 1 atom stereocenters. The zero-order chi connectivity index (χ0) is 12.6. The van der Waals surface area contributed by atoms with Crippen LogP contribution >= 0.6 is 0 Å². The van der Waals surface area contributed by atoms with Crippen LogP contribution in [0.3, 0.4) is 0 Å². The van der Waals surface area contributed by atoms with Crippen LogP contribution in [0, 0.1) is 6.92 Å². The summed E-state index contributed by atoms with van der Waals surface area (Å²) in [6.45, 7) is 7.73. The Morgan fingerprint density at radius 1 is 1.41 bits per heavy atom. The highest BCUT2D eigenvalue weighted by atomic mass is 16.6. The van der Waals surface area contributed by atoms with Gasteiger partial charge in [-0.3, -0.25) is 0 Å². The molecule has 1 N–H and O–H groups in total. The lowest BCUT2D eigenvalue weighted by Crippen LogP contribution is -2.35. The summed E-state index contributed by atoms with van der Waals surface area (Å²) in [5, 5.41) is 3.22. The quantitative estimate of drug-likeness (QED) is 0.758. The predicted octanol–water partition coefficient (Wildman–Crippen LogP) is 2.67. The van der Waals surface area contributed by atoms with Crippen molar-refractivity contribution in [3.8, 4) is 0 Å². The molecule has 1 aliphatic rings. The molecule has 1 heterocycles. The Morgan fingerprint density at radius 3 is 2.71 bits per heavy atom. The predicted molar refractivity (Wildman–Crippen MR) is 68.1 cm³/mol. The SMILES string of the molecule is Cc1cccc2c1C[C@H](C(=O)OC(C)(C)C)N2. The highest BCUT2D eigenvalue weighted by Gasteiger charge is 2.31. The van der Waals surface area contributed by atoms with Crippen molar-refractivity contribution in [1.82, 2.24) is 0 Å². The minimum Gasteiger partial charge on any atom is -0.458 e. The first-order chi connectivity index (χ1) is 7.87. The molecular formula is C14H19NO2. The van der Waals surface area contributed by atoms with Crippen LogP contribution in [0.1, 0.15) is 31.9 Å². The van der Waals surface area contributed by atoms with E-state index in [1.807, 2.05) is 32.9 Å². The summed E-state index contributed by atoms with van der Waals surface area (Å²) in [6, 6.07) is 5.83. The largest absolute Gasteiger partial charge is 0.458 e. The molecule has 0 amide bonds. The highest BCUT2D eigenvalue weighted by Crippen LogP contribution is 2.29. The number of aryl methyl sites for hydroxylation is 1. The third kappa shape index (κ3) is 2.60. The van der Waals surface area contributed by atoms with Crippen molar-refractivity contribution in [2.45, 2.75) is 45.8 Å². The van der Waals surface area contributed by atoms with E-state index in [1.165, 1.54) is 11.1 Å². The molecule has 17 heavy (non-hydrogen) atoms. The topological polar surface area (TPSA) is 38.3 Å². The van der Waals surface area contributed by atoms with E-state index in [0.717, 1.165) is 12.1 Å². The number of hydrogen-bond acceptors (Lipinski definition) is 3. The molecule has 0 fully saturated rings. The Kier molecular flexibility index (Phi) is 2.86. The molecule has 0 radical (unpaired) electrons. The smallest absolute Gasteiger partial charge is 0.329 e. The van der Waals surface area contributed by atoms with Crippen molar-refractivity contribution in [3.63, 3.8) is 0 Å². The average Bonchev–Trinajstić information content (AvgIpc) is 2.60. The average molecular weight is 233 g/mol. The van der Waals surface area contributed by atoms with Gasteiger partial charge >= 0.3 is 5.97 Å². The molecule has 0 saturated heterocycles. The number of anilines is 1. The standard InChI is InChI=1S/C14H19NO2/c1-9-6-5-7-11-10(9)8-12(15-11)13(16)17-14(2,3)4/h5-7,12,15H,8H2,1-4H3/t12-/m1/s1. The summed E-state index contributed by atoms with van der Waals surface area (Å²) < 4.78 is 5.39. The maximum absolute atomic E-state index is 12.0. The van der Waals surface area contributed by atoms with Crippen LogP contribution in [0.25, 0.3) is 0 Å². The fourth-order valence-electron chi connectivity index (χ4n) is 2.07. The van der Waals surface area contributed by atoms with E-state index >= 15 is 0 Å². The molecule has 0 bridgehead atoms. The van der Waals surface area contributed by atoms with Gasteiger partial charge in [0.15, 0.2) is 0 Å². The molecule has 0 aliphatic carbocycles. The molecule has 3 heteroatoms. The van der Waals surface area contributed by atoms with Crippen LogP contribution < -0.4 is 5.32 Å². The van der Waals surface area contributed by atoms with Gasteiger partial charge in [-0.05, 0) is 44.9 Å². The van der Waals surface area contributed by atoms with Gasteiger partial charge in [-0.2, -0.15) is 0 Å². The van der Waals surface area contributed by atoms with Crippen molar-refractivity contribution >= 4 is 11.7 Å². The van der Waals surface area contributed by atoms with E-state index in [0.29, 0.717) is 0 Å². The molecule has 0 aromatic heterocycles. The van der Waals surface area contributed by atoms with Crippen molar-refractivity contribution in [3.05, 3.63) is 29.3 Å². The number of fused-ring (bicyclic) bond motifs is 1. The molecular weight excluding hydrogens is 214 g/mol. The number of carbonyl (C=O) groups is 1. The number of rotatable bonds is 1. The van der Waals surface area contributed by atoms with Crippen molar-refractivity contribution in [1.29, 1.82) is 0 Å². The molecule has 92 valence electrons. The van der Waals surface area contributed by atoms with Gasteiger partial charge in [-0.15, -0.1) is 0 Å². The summed E-state index contributed by atoms with van der Waals surface area (Å²) in [7, 11) is 0. The lowest BCUT2D eigenvalue weighted by atomic mass is 10.0. The van der Waals surface area contributed by atoms with Crippen LogP contribution in [0.5, 0.6) is 0 Å². The molecule has 0 spiro atoms. The van der Waals surface area contributed by atoms with E-state index in [-0.39, 0.29) is 12.0 Å². The number of benzene rings is 1. The first-order valence-corrected chi connectivity index (χ1v) is 5.95. The Labute approximate surface area is 102 Å². The Bertz CT molecular complexity index is 446. The molecule has 1 aromatic carbocycles. The minimum atomic E-state index is -0.428. The van der Waals surface area contributed by atoms with Crippen LogP contribution in [-0.4, -0.2) is 17.6 Å². The van der Waals surface area contributed by atoms with Gasteiger partial charge in [-0.1, -0.05) is 12.1 Å². The maximum atomic E-state index is 12.0. The summed E-state index contributed by atoms with van der Waals surface area (Å²) in [6.07, 6.45) is 0.719. The lowest BCUT2D eigenvalue weighted by Gasteiger charge is -2.22. The van der Waals surface area contributed by atoms with Crippen molar-refractivity contribution < 1.29 is 9.53 Å². The second kappa shape index (κ2) is 4.06. The third-order valence-electron chi connectivity index (χ3n) is 2.84. The molecule has 1 aliphatic heterocycles. The number of ether oxygens (including phenoxy) is 1. The van der Waals surface area contributed by atoms with Crippen LogP contribution in [-0.2, 0) is 16.0 Å². The zero-order valence-corrected chi connectivity index (χ0v) is 10.8. The summed E-state index contributed by atoms with van der Waals surface area (Å²) >= 11 is 0. The van der Waals surface area contributed by atoms with Crippen molar-refractivity contribution in [2.24, 2.45) is 0 Å². The number of nitrogens with one attached hydrogen (secondary N) is 1. The lowest BCUT2D eigenvalue weighted by molar-refractivity contribution is -0.155.